The van der Waals surface area contributed by atoms with Crippen LogP contribution in [-0.2, 0) is 4.74 Å². The molecule has 1 amide bonds. The molecule has 0 aromatic rings. The van der Waals surface area contributed by atoms with Gasteiger partial charge in [0.05, 0.1) is 0 Å². The summed E-state index contributed by atoms with van der Waals surface area (Å²) < 4.78 is 4.85. The van der Waals surface area contributed by atoms with Crippen LogP contribution in [0.1, 0.15) is 13.8 Å². The van der Waals surface area contributed by atoms with Gasteiger partial charge >= 0.3 is 6.09 Å². The minimum Gasteiger partial charge on any atom is -0.438 e. The van der Waals surface area contributed by atoms with Crippen molar-refractivity contribution >= 4 is 11.9 Å². The SMILES string of the molecule is CNC(=O)OC(C(N)=NO)C(C)C. The monoisotopic (exact) mass is 189 g/mol. The van der Waals surface area contributed by atoms with Gasteiger partial charge in [0.1, 0.15) is 0 Å². The Morgan fingerprint density at radius 3 is 2.46 bits per heavy atom. The summed E-state index contributed by atoms with van der Waals surface area (Å²) in [5, 5.41) is 13.5. The van der Waals surface area contributed by atoms with E-state index in [-0.39, 0.29) is 11.8 Å². The highest BCUT2D eigenvalue weighted by molar-refractivity contribution is 5.86. The van der Waals surface area contributed by atoms with E-state index >= 15 is 0 Å². The second kappa shape index (κ2) is 5.23. The Kier molecular flexibility index (Phi) is 4.64. The lowest BCUT2D eigenvalue weighted by Gasteiger charge is -2.19. The Morgan fingerprint density at radius 2 is 2.15 bits per heavy atom. The lowest BCUT2D eigenvalue weighted by atomic mass is 10.1. The van der Waals surface area contributed by atoms with Crippen molar-refractivity contribution in [2.24, 2.45) is 16.8 Å². The Balaban J connectivity index is 4.36. The van der Waals surface area contributed by atoms with Gasteiger partial charge in [-0.1, -0.05) is 19.0 Å². The zero-order valence-corrected chi connectivity index (χ0v) is 7.94. The molecule has 0 aliphatic carbocycles. The van der Waals surface area contributed by atoms with E-state index in [1.807, 2.05) is 0 Å². The molecular formula is C7H15N3O3. The number of nitrogens with one attached hydrogen (secondary N) is 1. The second-order valence-electron chi connectivity index (χ2n) is 2.84. The number of hydrogen-bond donors (Lipinski definition) is 3. The summed E-state index contributed by atoms with van der Waals surface area (Å²) in [5.74, 6) is -0.160. The zero-order chi connectivity index (χ0) is 10.4. The topological polar surface area (TPSA) is 96.9 Å². The fraction of sp³-hybridized carbons (Fsp3) is 0.714. The molecule has 1 atom stereocenters. The number of oxime groups is 1. The predicted molar refractivity (Wildman–Crippen MR) is 47.6 cm³/mol. The third kappa shape index (κ3) is 3.64. The van der Waals surface area contributed by atoms with E-state index in [0.717, 1.165) is 0 Å². The van der Waals surface area contributed by atoms with Crippen LogP contribution in [0.25, 0.3) is 0 Å². The Hall–Kier alpha value is -1.46. The number of rotatable bonds is 3. The molecule has 0 saturated carbocycles. The van der Waals surface area contributed by atoms with Crippen LogP contribution in [0, 0.1) is 5.92 Å². The fourth-order valence-electron chi connectivity index (χ4n) is 0.769. The number of alkyl carbamates (subject to hydrolysis) is 1. The lowest BCUT2D eigenvalue weighted by molar-refractivity contribution is 0.106. The van der Waals surface area contributed by atoms with E-state index in [1.54, 1.807) is 13.8 Å². The van der Waals surface area contributed by atoms with E-state index < -0.39 is 12.2 Å². The van der Waals surface area contributed by atoms with Crippen molar-refractivity contribution in [3.8, 4) is 0 Å². The molecule has 0 fully saturated rings. The molecule has 6 heteroatoms. The molecule has 0 aliphatic heterocycles. The molecule has 0 aromatic heterocycles. The minimum atomic E-state index is -0.704. The first kappa shape index (κ1) is 11.5. The van der Waals surface area contributed by atoms with Gasteiger partial charge in [0.2, 0.25) is 0 Å². The van der Waals surface area contributed by atoms with Gasteiger partial charge in [-0.05, 0) is 5.92 Å². The highest BCUT2D eigenvalue weighted by Gasteiger charge is 2.22. The van der Waals surface area contributed by atoms with Gasteiger partial charge in [0, 0.05) is 7.05 Å². The van der Waals surface area contributed by atoms with Crippen molar-refractivity contribution in [1.29, 1.82) is 0 Å². The number of ether oxygens (including phenoxy) is 1. The number of carbonyl (C=O) groups excluding carboxylic acids is 1. The molecule has 0 rings (SSSR count). The van der Waals surface area contributed by atoms with Gasteiger partial charge in [-0.3, -0.25) is 0 Å². The summed E-state index contributed by atoms with van der Waals surface area (Å²) in [4.78, 5) is 10.8. The van der Waals surface area contributed by atoms with Crippen LogP contribution in [0.5, 0.6) is 0 Å². The number of hydrogen-bond acceptors (Lipinski definition) is 4. The summed E-state index contributed by atoms with van der Waals surface area (Å²) in [6.07, 6.45) is -1.31. The molecule has 0 saturated heterocycles. The molecule has 13 heavy (non-hydrogen) atoms. The van der Waals surface area contributed by atoms with Crippen LogP contribution in [0.3, 0.4) is 0 Å². The average molecular weight is 189 g/mol. The molecule has 1 unspecified atom stereocenters. The minimum absolute atomic E-state index is 0.0480. The molecule has 0 spiro atoms. The van der Waals surface area contributed by atoms with Crippen molar-refractivity contribution in [3.63, 3.8) is 0 Å². The normalized spacial score (nSPS) is 14.0. The van der Waals surface area contributed by atoms with Crippen molar-refractivity contribution < 1.29 is 14.7 Å². The molecule has 4 N–H and O–H groups in total. The smallest absolute Gasteiger partial charge is 0.407 e. The van der Waals surface area contributed by atoms with Crippen LogP contribution in [-0.4, -0.2) is 30.3 Å². The first-order valence-electron chi connectivity index (χ1n) is 3.88. The summed E-state index contributed by atoms with van der Waals surface area (Å²) >= 11 is 0. The van der Waals surface area contributed by atoms with Crippen LogP contribution in [0.15, 0.2) is 5.16 Å². The van der Waals surface area contributed by atoms with Crippen LogP contribution in [0.4, 0.5) is 4.79 Å². The number of amides is 1. The fourth-order valence-corrected chi connectivity index (χ4v) is 0.769. The van der Waals surface area contributed by atoms with Gasteiger partial charge in [0.15, 0.2) is 11.9 Å². The van der Waals surface area contributed by atoms with Crippen molar-refractivity contribution in [2.45, 2.75) is 20.0 Å². The lowest BCUT2D eigenvalue weighted by Crippen LogP contribution is -2.39. The van der Waals surface area contributed by atoms with Crippen molar-refractivity contribution in [2.75, 3.05) is 7.05 Å². The average Bonchev–Trinajstić information content (AvgIpc) is 2.11. The van der Waals surface area contributed by atoms with Crippen LogP contribution < -0.4 is 11.1 Å². The number of amidine groups is 1. The summed E-state index contributed by atoms with van der Waals surface area (Å²) in [7, 11) is 1.44. The number of nitrogens with zero attached hydrogens (tertiary/aromatic N) is 1. The second-order valence-corrected chi connectivity index (χ2v) is 2.84. The maximum absolute atomic E-state index is 10.8. The maximum Gasteiger partial charge on any atom is 0.407 e. The quantitative estimate of drug-likeness (QED) is 0.254. The number of nitrogens with two attached hydrogens (primary N) is 1. The predicted octanol–water partition coefficient (Wildman–Crippen LogP) is 0.113. The third-order valence-corrected chi connectivity index (χ3v) is 1.45. The molecular weight excluding hydrogens is 174 g/mol. The van der Waals surface area contributed by atoms with E-state index in [9.17, 15) is 4.79 Å². The molecule has 6 nitrogen and oxygen atoms in total. The molecule has 0 aromatic carbocycles. The van der Waals surface area contributed by atoms with E-state index in [4.69, 9.17) is 15.7 Å². The first-order chi connectivity index (χ1) is 6.02. The Morgan fingerprint density at radius 1 is 1.62 bits per heavy atom. The maximum atomic E-state index is 10.8. The summed E-state index contributed by atoms with van der Waals surface area (Å²) in [6, 6.07) is 0. The van der Waals surface area contributed by atoms with Crippen molar-refractivity contribution in [3.05, 3.63) is 0 Å². The zero-order valence-electron chi connectivity index (χ0n) is 7.94. The standard InChI is InChI=1S/C7H15N3O3/c1-4(2)5(6(8)10-12)13-7(11)9-3/h4-5,12H,1-3H3,(H2,8,10)(H,9,11). The van der Waals surface area contributed by atoms with Gasteiger partial charge in [-0.2, -0.15) is 0 Å². The number of carbonyl (C=O) groups is 1. The molecule has 0 bridgehead atoms. The van der Waals surface area contributed by atoms with Gasteiger partial charge < -0.3 is 21.0 Å². The van der Waals surface area contributed by atoms with Crippen LogP contribution >= 0.6 is 0 Å². The Bertz CT molecular complexity index is 203. The third-order valence-electron chi connectivity index (χ3n) is 1.45. The largest absolute Gasteiger partial charge is 0.438 e. The van der Waals surface area contributed by atoms with Crippen molar-refractivity contribution in [1.82, 2.24) is 5.32 Å². The van der Waals surface area contributed by atoms with E-state index in [1.165, 1.54) is 7.05 Å². The first-order valence-corrected chi connectivity index (χ1v) is 3.88. The van der Waals surface area contributed by atoms with Gasteiger partial charge in [-0.25, -0.2) is 4.79 Å². The molecule has 0 heterocycles. The highest BCUT2D eigenvalue weighted by atomic mass is 16.6. The molecule has 0 aliphatic rings. The van der Waals surface area contributed by atoms with E-state index in [0.29, 0.717) is 0 Å². The Labute approximate surface area is 76.7 Å². The summed E-state index contributed by atoms with van der Waals surface area (Å²) in [6.45, 7) is 3.59. The summed E-state index contributed by atoms with van der Waals surface area (Å²) in [5.41, 5.74) is 5.32. The molecule has 0 radical (unpaired) electrons. The van der Waals surface area contributed by atoms with Gasteiger partial charge in [0.25, 0.3) is 0 Å². The van der Waals surface area contributed by atoms with E-state index in [2.05, 4.69) is 10.5 Å². The molecule has 76 valence electrons. The highest BCUT2D eigenvalue weighted by Crippen LogP contribution is 2.06. The van der Waals surface area contributed by atoms with Gasteiger partial charge in [-0.15, -0.1) is 0 Å². The van der Waals surface area contributed by atoms with Crippen LogP contribution in [0.2, 0.25) is 0 Å².